The van der Waals surface area contributed by atoms with Crippen molar-refractivity contribution in [2.75, 3.05) is 13.2 Å². The van der Waals surface area contributed by atoms with Gasteiger partial charge in [0.05, 0.1) is 12.2 Å². The highest BCUT2D eigenvalue weighted by molar-refractivity contribution is 5.97. The molecule has 0 saturated carbocycles. The van der Waals surface area contributed by atoms with Gasteiger partial charge in [0.15, 0.2) is 5.69 Å². The fourth-order valence-corrected chi connectivity index (χ4v) is 4.02. The highest BCUT2D eigenvalue weighted by Gasteiger charge is 2.32. The van der Waals surface area contributed by atoms with Gasteiger partial charge in [-0.05, 0) is 71.2 Å². The largest absolute Gasteiger partial charge is 0.461 e. The van der Waals surface area contributed by atoms with Gasteiger partial charge in [-0.3, -0.25) is 0 Å². The minimum atomic E-state index is -1.36. The van der Waals surface area contributed by atoms with Gasteiger partial charge in [0.1, 0.15) is 29.3 Å². The number of aromatic nitrogens is 2. The molecule has 3 rings (SSSR count). The summed E-state index contributed by atoms with van der Waals surface area (Å²) in [6.45, 7) is 13.5. The molecule has 0 atom stereocenters. The van der Waals surface area contributed by atoms with E-state index < -0.39 is 17.2 Å². The number of carbonyl (C=O) groups is 2. The number of hydrogen-bond acceptors (Lipinski definition) is 7. The molecular formula is C30H38N2O6. The Labute approximate surface area is 224 Å². The van der Waals surface area contributed by atoms with Crippen molar-refractivity contribution >= 4 is 11.9 Å². The number of esters is 2. The third kappa shape index (κ3) is 7.08. The van der Waals surface area contributed by atoms with Crippen molar-refractivity contribution in [3.05, 3.63) is 76.9 Å². The highest BCUT2D eigenvalue weighted by atomic mass is 16.6. The molecule has 0 amide bonds. The van der Waals surface area contributed by atoms with Gasteiger partial charge in [0, 0.05) is 13.2 Å². The SMILES string of the molecule is CCOCc1nc(C(C)(C)O)c(C(=O)OCC)n1Cc1ccc(-c2ccccc2C(=O)OC(C)(C)C)cc1. The summed E-state index contributed by atoms with van der Waals surface area (Å²) in [7, 11) is 0. The lowest BCUT2D eigenvalue weighted by Crippen LogP contribution is -2.24. The molecule has 1 aromatic heterocycles. The standard InChI is InChI=1S/C30H38N2O6/c1-8-36-19-24-31-26(30(6,7)35)25(28(34)37-9-2)32(24)18-20-14-16-21(17-15-20)22-12-10-11-13-23(22)27(33)38-29(3,4)5/h10-17,35H,8-9,18-19H2,1-7H3. The second-order valence-corrected chi connectivity index (χ2v) is 10.5. The van der Waals surface area contributed by atoms with Crippen molar-refractivity contribution in [3.63, 3.8) is 0 Å². The maximum Gasteiger partial charge on any atom is 0.357 e. The summed E-state index contributed by atoms with van der Waals surface area (Å²) in [6.07, 6.45) is 0. The van der Waals surface area contributed by atoms with Gasteiger partial charge < -0.3 is 23.9 Å². The fraction of sp³-hybridized carbons (Fsp3) is 0.433. The summed E-state index contributed by atoms with van der Waals surface area (Å²) in [6, 6.07) is 15.1. The van der Waals surface area contributed by atoms with E-state index >= 15 is 0 Å². The first-order valence-corrected chi connectivity index (χ1v) is 12.8. The molecule has 0 bridgehead atoms. The van der Waals surface area contributed by atoms with Crippen molar-refractivity contribution in [1.82, 2.24) is 9.55 Å². The summed E-state index contributed by atoms with van der Waals surface area (Å²) in [5.74, 6) is -0.413. The Morgan fingerprint density at radius 2 is 1.58 bits per heavy atom. The first-order valence-electron chi connectivity index (χ1n) is 12.8. The number of carbonyl (C=O) groups excluding carboxylic acids is 2. The lowest BCUT2D eigenvalue weighted by atomic mass is 9.98. The number of rotatable bonds is 10. The molecule has 0 radical (unpaired) electrons. The quantitative estimate of drug-likeness (QED) is 0.351. The maximum absolute atomic E-state index is 13.0. The second-order valence-electron chi connectivity index (χ2n) is 10.5. The van der Waals surface area contributed by atoms with Crippen LogP contribution in [0, 0.1) is 0 Å². The van der Waals surface area contributed by atoms with E-state index in [9.17, 15) is 14.7 Å². The molecule has 38 heavy (non-hydrogen) atoms. The van der Waals surface area contributed by atoms with E-state index in [2.05, 4.69) is 4.98 Å². The van der Waals surface area contributed by atoms with Crippen molar-refractivity contribution in [2.24, 2.45) is 0 Å². The van der Waals surface area contributed by atoms with E-state index in [1.807, 2.05) is 70.2 Å². The zero-order valence-corrected chi connectivity index (χ0v) is 23.3. The Kier molecular flexibility index (Phi) is 9.12. The van der Waals surface area contributed by atoms with Gasteiger partial charge in [-0.1, -0.05) is 42.5 Å². The first kappa shape index (κ1) is 29.1. The molecule has 0 unspecified atom stereocenters. The zero-order chi connectivity index (χ0) is 28.1. The van der Waals surface area contributed by atoms with E-state index in [-0.39, 0.29) is 30.6 Å². The molecule has 2 aromatic carbocycles. The molecular weight excluding hydrogens is 484 g/mol. The minimum absolute atomic E-state index is 0.181. The molecule has 0 fully saturated rings. The smallest absolute Gasteiger partial charge is 0.357 e. The number of imidazole rings is 1. The molecule has 1 N–H and O–H groups in total. The molecule has 8 nitrogen and oxygen atoms in total. The number of aliphatic hydroxyl groups is 1. The van der Waals surface area contributed by atoms with E-state index in [0.717, 1.165) is 16.7 Å². The van der Waals surface area contributed by atoms with E-state index in [1.54, 1.807) is 31.4 Å². The predicted octanol–water partition coefficient (Wildman–Crippen LogP) is 5.49. The van der Waals surface area contributed by atoms with Crippen LogP contribution in [0.2, 0.25) is 0 Å². The molecule has 204 valence electrons. The molecule has 0 spiro atoms. The van der Waals surface area contributed by atoms with Crippen LogP contribution in [0.3, 0.4) is 0 Å². The average Bonchev–Trinajstić information content (AvgIpc) is 3.21. The summed E-state index contributed by atoms with van der Waals surface area (Å²) in [4.78, 5) is 30.4. The Morgan fingerprint density at radius 3 is 2.16 bits per heavy atom. The van der Waals surface area contributed by atoms with E-state index in [0.29, 0.717) is 24.5 Å². The predicted molar refractivity (Wildman–Crippen MR) is 145 cm³/mol. The number of ether oxygens (including phenoxy) is 3. The lowest BCUT2D eigenvalue weighted by Gasteiger charge is -2.20. The van der Waals surface area contributed by atoms with Crippen LogP contribution in [0.4, 0.5) is 0 Å². The van der Waals surface area contributed by atoms with Crippen LogP contribution >= 0.6 is 0 Å². The van der Waals surface area contributed by atoms with Gasteiger partial charge >= 0.3 is 11.9 Å². The van der Waals surface area contributed by atoms with Gasteiger partial charge in [-0.2, -0.15) is 0 Å². The Bertz CT molecular complexity index is 1260. The number of benzene rings is 2. The summed E-state index contributed by atoms with van der Waals surface area (Å²) >= 11 is 0. The Hall–Kier alpha value is -3.49. The van der Waals surface area contributed by atoms with Crippen LogP contribution in [0.5, 0.6) is 0 Å². The Balaban J connectivity index is 2.00. The van der Waals surface area contributed by atoms with E-state index in [1.165, 1.54) is 0 Å². The van der Waals surface area contributed by atoms with Gasteiger partial charge in [0.25, 0.3) is 0 Å². The normalized spacial score (nSPS) is 11.9. The molecule has 0 saturated heterocycles. The second kappa shape index (κ2) is 11.9. The monoisotopic (exact) mass is 522 g/mol. The first-order chi connectivity index (χ1) is 17.9. The van der Waals surface area contributed by atoms with Crippen molar-refractivity contribution < 1.29 is 28.9 Å². The summed E-state index contributed by atoms with van der Waals surface area (Å²) in [5, 5.41) is 10.8. The van der Waals surface area contributed by atoms with Crippen LogP contribution < -0.4 is 0 Å². The van der Waals surface area contributed by atoms with Crippen LogP contribution in [-0.4, -0.2) is 45.4 Å². The van der Waals surface area contributed by atoms with Crippen LogP contribution in [-0.2, 0) is 33.0 Å². The Morgan fingerprint density at radius 1 is 0.921 bits per heavy atom. The molecule has 0 aliphatic rings. The molecule has 0 aliphatic carbocycles. The van der Waals surface area contributed by atoms with Crippen molar-refractivity contribution in [3.8, 4) is 11.1 Å². The molecule has 1 heterocycles. The van der Waals surface area contributed by atoms with Crippen LogP contribution in [0.15, 0.2) is 48.5 Å². The van der Waals surface area contributed by atoms with Gasteiger partial charge in [-0.15, -0.1) is 0 Å². The lowest BCUT2D eigenvalue weighted by molar-refractivity contribution is 0.00701. The zero-order valence-electron chi connectivity index (χ0n) is 23.3. The molecule has 0 aliphatic heterocycles. The fourth-order valence-electron chi connectivity index (χ4n) is 4.02. The minimum Gasteiger partial charge on any atom is -0.461 e. The average molecular weight is 523 g/mol. The third-order valence-corrected chi connectivity index (χ3v) is 5.68. The number of hydrogen-bond donors (Lipinski definition) is 1. The third-order valence-electron chi connectivity index (χ3n) is 5.68. The van der Waals surface area contributed by atoms with Crippen LogP contribution in [0.1, 0.15) is 86.4 Å². The van der Waals surface area contributed by atoms with Crippen LogP contribution in [0.25, 0.3) is 11.1 Å². The maximum atomic E-state index is 13.0. The summed E-state index contributed by atoms with van der Waals surface area (Å²) < 4.78 is 18.3. The highest BCUT2D eigenvalue weighted by Crippen LogP contribution is 2.29. The number of nitrogens with zero attached hydrogens (tertiary/aromatic N) is 2. The van der Waals surface area contributed by atoms with Crippen molar-refractivity contribution in [2.45, 2.75) is 72.8 Å². The van der Waals surface area contributed by atoms with Crippen molar-refractivity contribution in [1.29, 1.82) is 0 Å². The summed E-state index contributed by atoms with van der Waals surface area (Å²) in [5.41, 5.74) is 1.50. The topological polar surface area (TPSA) is 99.9 Å². The van der Waals surface area contributed by atoms with E-state index in [4.69, 9.17) is 14.2 Å². The molecule has 3 aromatic rings. The molecule has 8 heteroatoms. The van der Waals surface area contributed by atoms with Gasteiger partial charge in [-0.25, -0.2) is 14.6 Å². The van der Waals surface area contributed by atoms with Gasteiger partial charge in [0.2, 0.25) is 0 Å².